The van der Waals surface area contributed by atoms with Crippen molar-refractivity contribution in [1.29, 1.82) is 5.26 Å². The third-order valence-electron chi connectivity index (χ3n) is 6.64. The lowest BCUT2D eigenvalue weighted by Gasteiger charge is -2.14. The summed E-state index contributed by atoms with van der Waals surface area (Å²) >= 11 is 0. The summed E-state index contributed by atoms with van der Waals surface area (Å²) in [7, 11) is 1.94. The van der Waals surface area contributed by atoms with Crippen molar-refractivity contribution in [2.45, 2.75) is 13.0 Å². The number of aromatic nitrogens is 4. The molecule has 0 bridgehead atoms. The van der Waals surface area contributed by atoms with Crippen LogP contribution < -0.4 is 5.32 Å². The Labute approximate surface area is 192 Å². The zero-order valence-electron chi connectivity index (χ0n) is 18.5. The van der Waals surface area contributed by atoms with Crippen LogP contribution in [0, 0.1) is 17.2 Å². The molecule has 6 heteroatoms. The first-order chi connectivity index (χ1) is 16.2. The van der Waals surface area contributed by atoms with Gasteiger partial charge in [0.05, 0.1) is 17.1 Å². The number of nitrogens with one attached hydrogen (secondary N) is 1. The van der Waals surface area contributed by atoms with Gasteiger partial charge in [0.1, 0.15) is 5.65 Å². The van der Waals surface area contributed by atoms with Gasteiger partial charge < -0.3 is 9.88 Å². The van der Waals surface area contributed by atoms with Gasteiger partial charge in [-0.15, -0.1) is 0 Å². The number of hydrogen-bond acceptors (Lipinski definition) is 4. The molecular weight excluding hydrogens is 408 g/mol. The monoisotopic (exact) mass is 432 g/mol. The average molecular weight is 433 g/mol. The van der Waals surface area contributed by atoms with E-state index < -0.39 is 0 Å². The van der Waals surface area contributed by atoms with E-state index in [2.05, 4.69) is 51.5 Å². The summed E-state index contributed by atoms with van der Waals surface area (Å²) in [5, 5.41) is 19.6. The summed E-state index contributed by atoms with van der Waals surface area (Å²) < 4.78 is 4.13. The molecule has 1 fully saturated rings. The summed E-state index contributed by atoms with van der Waals surface area (Å²) in [5.74, 6) is 0.631. The predicted octanol–water partition coefficient (Wildman–Crippen LogP) is 4.74. The molecule has 4 heterocycles. The third kappa shape index (κ3) is 3.47. The summed E-state index contributed by atoms with van der Waals surface area (Å²) in [5.41, 5.74) is 7.01. The molecule has 2 aromatic carbocycles. The SMILES string of the molecule is Cn1cc2ccc(-c3cnc4c(ccn4C[C@@H]4CCNC4)c3-c3ccc(C#N)cc3)cc2n1. The highest BCUT2D eigenvalue weighted by atomic mass is 15.2. The van der Waals surface area contributed by atoms with E-state index in [9.17, 15) is 5.26 Å². The highest BCUT2D eigenvalue weighted by molar-refractivity contribution is 6.02. The van der Waals surface area contributed by atoms with Crippen LogP contribution in [0.25, 0.3) is 44.2 Å². The molecule has 0 saturated carbocycles. The topological polar surface area (TPSA) is 71.5 Å². The second-order valence-corrected chi connectivity index (χ2v) is 8.88. The Morgan fingerprint density at radius 3 is 2.76 bits per heavy atom. The van der Waals surface area contributed by atoms with Crippen LogP contribution in [0.5, 0.6) is 0 Å². The van der Waals surface area contributed by atoms with Crippen molar-refractivity contribution < 1.29 is 0 Å². The van der Waals surface area contributed by atoms with Crippen molar-refractivity contribution in [3.63, 3.8) is 0 Å². The molecule has 1 aliphatic rings. The van der Waals surface area contributed by atoms with Gasteiger partial charge in [0, 0.05) is 54.1 Å². The molecule has 0 spiro atoms. The van der Waals surface area contributed by atoms with Crippen LogP contribution in [0.2, 0.25) is 0 Å². The van der Waals surface area contributed by atoms with E-state index in [-0.39, 0.29) is 0 Å². The van der Waals surface area contributed by atoms with E-state index in [0.717, 1.165) is 63.8 Å². The molecule has 0 radical (unpaired) electrons. The smallest absolute Gasteiger partial charge is 0.140 e. The fraction of sp³-hybridized carbons (Fsp3) is 0.222. The highest BCUT2D eigenvalue weighted by Gasteiger charge is 2.19. The number of benzene rings is 2. The first kappa shape index (κ1) is 19.7. The zero-order valence-corrected chi connectivity index (χ0v) is 18.5. The maximum Gasteiger partial charge on any atom is 0.140 e. The minimum Gasteiger partial charge on any atom is -0.332 e. The first-order valence-corrected chi connectivity index (χ1v) is 11.3. The van der Waals surface area contributed by atoms with Crippen LogP contribution in [0.15, 0.2) is 67.1 Å². The number of aryl methyl sites for hydroxylation is 1. The molecule has 1 saturated heterocycles. The summed E-state index contributed by atoms with van der Waals surface area (Å²) in [6.45, 7) is 3.12. The van der Waals surface area contributed by atoms with Crippen molar-refractivity contribution in [2.75, 3.05) is 13.1 Å². The van der Waals surface area contributed by atoms with Crippen molar-refractivity contribution >= 4 is 21.9 Å². The van der Waals surface area contributed by atoms with E-state index in [4.69, 9.17) is 4.98 Å². The van der Waals surface area contributed by atoms with Gasteiger partial charge in [0.25, 0.3) is 0 Å². The molecule has 162 valence electrons. The van der Waals surface area contributed by atoms with Crippen LogP contribution in [-0.2, 0) is 13.6 Å². The van der Waals surface area contributed by atoms with Crippen molar-refractivity contribution in [3.05, 3.63) is 72.7 Å². The number of rotatable bonds is 4. The second kappa shape index (κ2) is 7.88. The number of nitrogens with zero attached hydrogens (tertiary/aromatic N) is 5. The Bertz CT molecular complexity index is 1510. The fourth-order valence-corrected chi connectivity index (χ4v) is 4.98. The molecule has 6 rings (SSSR count). The fourth-order valence-electron chi connectivity index (χ4n) is 4.98. The Kier molecular flexibility index (Phi) is 4.70. The molecule has 6 nitrogen and oxygen atoms in total. The summed E-state index contributed by atoms with van der Waals surface area (Å²) in [6, 6.07) is 18.6. The standard InChI is InChI=1S/C27H24N6/c1-32-17-22-7-6-21(12-25(22)31-32)24-15-30-27-23(9-11-33(27)16-19-8-10-29-14-19)26(24)20-4-2-18(13-28)3-5-20/h2-7,9,11-12,15,17,19,29H,8,10,14,16H2,1H3/t19-/m1/s1. The molecule has 1 N–H and O–H groups in total. The maximum atomic E-state index is 9.27. The Hall–Kier alpha value is -3.95. The van der Waals surface area contributed by atoms with Gasteiger partial charge in [0.2, 0.25) is 0 Å². The van der Waals surface area contributed by atoms with Crippen molar-refractivity contribution in [2.24, 2.45) is 13.0 Å². The first-order valence-electron chi connectivity index (χ1n) is 11.3. The summed E-state index contributed by atoms with van der Waals surface area (Å²) in [6.07, 6.45) is 7.38. The van der Waals surface area contributed by atoms with Gasteiger partial charge >= 0.3 is 0 Å². The maximum absolute atomic E-state index is 9.27. The molecule has 0 unspecified atom stereocenters. The minimum absolute atomic E-state index is 0.631. The van der Waals surface area contributed by atoms with E-state index in [1.807, 2.05) is 48.4 Å². The molecule has 3 aromatic heterocycles. The molecular formula is C27H24N6. The minimum atomic E-state index is 0.631. The molecule has 0 amide bonds. The van der Waals surface area contributed by atoms with Crippen molar-refractivity contribution in [3.8, 4) is 28.3 Å². The average Bonchev–Trinajstić information content (AvgIpc) is 3.58. The molecule has 1 atom stereocenters. The van der Waals surface area contributed by atoms with Crippen LogP contribution in [-0.4, -0.2) is 32.4 Å². The van der Waals surface area contributed by atoms with Crippen molar-refractivity contribution in [1.82, 2.24) is 24.6 Å². The Balaban J connectivity index is 1.54. The van der Waals surface area contributed by atoms with Gasteiger partial charge in [-0.3, -0.25) is 4.68 Å². The van der Waals surface area contributed by atoms with Crippen LogP contribution >= 0.6 is 0 Å². The van der Waals surface area contributed by atoms with E-state index >= 15 is 0 Å². The number of nitriles is 1. The molecule has 1 aliphatic heterocycles. The van der Waals surface area contributed by atoms with Crippen LogP contribution in [0.4, 0.5) is 0 Å². The quantitative estimate of drug-likeness (QED) is 0.445. The number of fused-ring (bicyclic) bond motifs is 2. The predicted molar refractivity (Wildman–Crippen MR) is 131 cm³/mol. The molecule has 5 aromatic rings. The lowest BCUT2D eigenvalue weighted by molar-refractivity contribution is 0.489. The number of pyridine rings is 1. The third-order valence-corrected chi connectivity index (χ3v) is 6.64. The molecule has 0 aliphatic carbocycles. The van der Waals surface area contributed by atoms with Gasteiger partial charge in [-0.1, -0.05) is 24.3 Å². The van der Waals surface area contributed by atoms with Gasteiger partial charge in [-0.05, 0) is 60.8 Å². The van der Waals surface area contributed by atoms with Crippen LogP contribution in [0.3, 0.4) is 0 Å². The Morgan fingerprint density at radius 1 is 1.12 bits per heavy atom. The summed E-state index contributed by atoms with van der Waals surface area (Å²) in [4.78, 5) is 4.93. The van der Waals surface area contributed by atoms with E-state index in [0.29, 0.717) is 11.5 Å². The lowest BCUT2D eigenvalue weighted by atomic mass is 9.93. The van der Waals surface area contributed by atoms with Gasteiger partial charge in [-0.25, -0.2) is 4.98 Å². The van der Waals surface area contributed by atoms with E-state index in [1.54, 1.807) is 0 Å². The molecule has 33 heavy (non-hydrogen) atoms. The zero-order chi connectivity index (χ0) is 22.4. The normalized spacial score (nSPS) is 15.9. The highest BCUT2D eigenvalue weighted by Crippen LogP contribution is 2.38. The van der Waals surface area contributed by atoms with Gasteiger partial charge in [0.15, 0.2) is 0 Å². The second-order valence-electron chi connectivity index (χ2n) is 8.88. The van der Waals surface area contributed by atoms with Crippen LogP contribution in [0.1, 0.15) is 12.0 Å². The Morgan fingerprint density at radius 2 is 1.97 bits per heavy atom. The number of hydrogen-bond donors (Lipinski definition) is 1. The lowest BCUT2D eigenvalue weighted by Crippen LogP contribution is -2.14. The largest absolute Gasteiger partial charge is 0.332 e. The van der Waals surface area contributed by atoms with E-state index in [1.165, 1.54) is 6.42 Å². The van der Waals surface area contributed by atoms with Gasteiger partial charge in [-0.2, -0.15) is 10.4 Å².